The molecule has 9 heteroatoms. The van der Waals surface area contributed by atoms with Gasteiger partial charge in [-0.05, 0) is 19.1 Å². The van der Waals surface area contributed by atoms with Crippen molar-refractivity contribution < 1.29 is 9.32 Å². The van der Waals surface area contributed by atoms with E-state index >= 15 is 0 Å². The molecule has 7 nitrogen and oxygen atoms in total. The average Bonchev–Trinajstić information content (AvgIpc) is 3.25. The van der Waals surface area contributed by atoms with E-state index in [0.29, 0.717) is 42.9 Å². The molecular weight excluding hydrogens is 413 g/mol. The Hall–Kier alpha value is -2.48. The zero-order chi connectivity index (χ0) is 20.4. The van der Waals surface area contributed by atoms with Crippen molar-refractivity contribution in [2.45, 2.75) is 13.0 Å². The Balaban J connectivity index is 1.40. The van der Waals surface area contributed by atoms with E-state index in [9.17, 15) is 4.79 Å². The highest BCUT2D eigenvalue weighted by atomic mass is 35.5. The van der Waals surface area contributed by atoms with E-state index in [0.717, 1.165) is 5.56 Å². The molecule has 1 aliphatic rings. The van der Waals surface area contributed by atoms with Gasteiger partial charge in [0.2, 0.25) is 11.7 Å². The molecular formula is C20H19Cl2N5O2. The van der Waals surface area contributed by atoms with E-state index in [-0.39, 0.29) is 22.8 Å². The monoisotopic (exact) mass is 431 g/mol. The normalized spacial score (nSPS) is 16.0. The van der Waals surface area contributed by atoms with Crippen LogP contribution in [0.1, 0.15) is 29.3 Å². The summed E-state index contributed by atoms with van der Waals surface area (Å²) in [5.74, 6) is 0.917. The number of aromatic nitrogens is 3. The van der Waals surface area contributed by atoms with Crippen LogP contribution in [-0.4, -0.2) is 57.0 Å². The fourth-order valence-corrected chi connectivity index (χ4v) is 3.63. The molecule has 1 aromatic carbocycles. The maximum absolute atomic E-state index is 12.7. The van der Waals surface area contributed by atoms with Gasteiger partial charge >= 0.3 is 0 Å². The molecule has 1 fully saturated rings. The fourth-order valence-electron chi connectivity index (χ4n) is 3.30. The van der Waals surface area contributed by atoms with Crippen molar-refractivity contribution in [3.05, 3.63) is 64.2 Å². The summed E-state index contributed by atoms with van der Waals surface area (Å²) >= 11 is 12.0. The first-order chi connectivity index (χ1) is 14.0. The zero-order valence-electron chi connectivity index (χ0n) is 15.8. The zero-order valence-corrected chi connectivity index (χ0v) is 17.3. The number of pyridine rings is 1. The van der Waals surface area contributed by atoms with Gasteiger partial charge < -0.3 is 9.42 Å². The molecule has 3 heterocycles. The summed E-state index contributed by atoms with van der Waals surface area (Å²) in [6.07, 6.45) is 0. The van der Waals surface area contributed by atoms with Gasteiger partial charge in [0.15, 0.2) is 0 Å². The van der Waals surface area contributed by atoms with Crippen LogP contribution >= 0.6 is 23.2 Å². The second kappa shape index (κ2) is 8.49. The molecule has 4 rings (SSSR count). The lowest BCUT2D eigenvalue weighted by Gasteiger charge is -2.36. The SMILES string of the molecule is CC(c1nc(-c2ccccc2)no1)N1CCN(C(=O)c2nc(Cl)ccc2Cl)CC1. The molecule has 1 atom stereocenters. The second-order valence-corrected chi connectivity index (χ2v) is 7.59. The van der Waals surface area contributed by atoms with Gasteiger partial charge in [0.05, 0.1) is 11.1 Å². The second-order valence-electron chi connectivity index (χ2n) is 6.79. The first-order valence-corrected chi connectivity index (χ1v) is 10.0. The van der Waals surface area contributed by atoms with E-state index in [4.69, 9.17) is 27.7 Å². The number of rotatable bonds is 4. The summed E-state index contributed by atoms with van der Waals surface area (Å²) in [6, 6.07) is 12.8. The summed E-state index contributed by atoms with van der Waals surface area (Å²) in [4.78, 5) is 25.3. The van der Waals surface area contributed by atoms with Gasteiger partial charge in [-0.15, -0.1) is 0 Å². The van der Waals surface area contributed by atoms with E-state index in [1.54, 1.807) is 17.0 Å². The third-order valence-electron chi connectivity index (χ3n) is 4.99. The minimum absolute atomic E-state index is 0.0508. The maximum Gasteiger partial charge on any atom is 0.274 e. The standard InChI is InChI=1S/C20H19Cl2N5O2/c1-13(19-24-18(25-29-19)14-5-3-2-4-6-14)26-9-11-27(12-10-26)20(28)17-15(21)7-8-16(22)23-17/h2-8,13H,9-12H2,1H3. The summed E-state index contributed by atoms with van der Waals surface area (Å²) in [6.45, 7) is 4.47. The summed E-state index contributed by atoms with van der Waals surface area (Å²) in [5, 5.41) is 4.64. The van der Waals surface area contributed by atoms with Crippen molar-refractivity contribution in [1.82, 2.24) is 24.9 Å². The Morgan fingerprint density at radius 3 is 2.48 bits per heavy atom. The fraction of sp³-hybridized carbons (Fsp3) is 0.300. The topological polar surface area (TPSA) is 75.4 Å². The number of nitrogens with zero attached hydrogens (tertiary/aromatic N) is 5. The van der Waals surface area contributed by atoms with E-state index < -0.39 is 0 Å². The quantitative estimate of drug-likeness (QED) is 0.581. The number of halogens is 2. The number of hydrogen-bond donors (Lipinski definition) is 0. The number of benzene rings is 1. The van der Waals surface area contributed by atoms with E-state index in [1.807, 2.05) is 37.3 Å². The number of carbonyl (C=O) groups excluding carboxylic acids is 1. The number of hydrogen-bond acceptors (Lipinski definition) is 6. The van der Waals surface area contributed by atoms with Gasteiger partial charge in [0.25, 0.3) is 5.91 Å². The Bertz CT molecular complexity index is 1000. The highest BCUT2D eigenvalue weighted by molar-refractivity contribution is 6.34. The first kappa shape index (κ1) is 19.8. The predicted molar refractivity (Wildman–Crippen MR) is 110 cm³/mol. The molecule has 0 bridgehead atoms. The van der Waals surface area contributed by atoms with Gasteiger partial charge in [-0.3, -0.25) is 9.69 Å². The minimum Gasteiger partial charge on any atom is -0.337 e. The van der Waals surface area contributed by atoms with Crippen LogP contribution in [0, 0.1) is 0 Å². The molecule has 1 saturated heterocycles. The van der Waals surface area contributed by atoms with Crippen molar-refractivity contribution in [3.63, 3.8) is 0 Å². The summed E-state index contributed by atoms with van der Waals surface area (Å²) < 4.78 is 5.48. The third kappa shape index (κ3) is 4.27. The number of carbonyl (C=O) groups is 1. The molecule has 1 amide bonds. The highest BCUT2D eigenvalue weighted by Gasteiger charge is 2.29. The molecule has 0 aliphatic carbocycles. The van der Waals surface area contributed by atoms with Gasteiger partial charge in [0.1, 0.15) is 10.8 Å². The van der Waals surface area contributed by atoms with Crippen molar-refractivity contribution in [3.8, 4) is 11.4 Å². The number of piperazine rings is 1. The molecule has 0 spiro atoms. The van der Waals surface area contributed by atoms with Gasteiger partial charge in [-0.2, -0.15) is 4.98 Å². The lowest BCUT2D eigenvalue weighted by atomic mass is 10.2. The van der Waals surface area contributed by atoms with Gasteiger partial charge in [0, 0.05) is 31.7 Å². The van der Waals surface area contributed by atoms with Crippen molar-refractivity contribution in [2.24, 2.45) is 0 Å². The molecule has 1 unspecified atom stereocenters. The molecule has 29 heavy (non-hydrogen) atoms. The van der Waals surface area contributed by atoms with Crippen LogP contribution in [0.5, 0.6) is 0 Å². The Morgan fingerprint density at radius 1 is 1.03 bits per heavy atom. The highest BCUT2D eigenvalue weighted by Crippen LogP contribution is 2.24. The Kier molecular flexibility index (Phi) is 5.80. The van der Waals surface area contributed by atoms with Crippen LogP contribution in [0.4, 0.5) is 0 Å². The van der Waals surface area contributed by atoms with E-state index in [2.05, 4.69) is 20.0 Å². The molecule has 0 radical (unpaired) electrons. The molecule has 2 aromatic heterocycles. The minimum atomic E-state index is -0.214. The van der Waals surface area contributed by atoms with Crippen LogP contribution in [0.25, 0.3) is 11.4 Å². The summed E-state index contributed by atoms with van der Waals surface area (Å²) in [5.41, 5.74) is 1.10. The lowest BCUT2D eigenvalue weighted by Crippen LogP contribution is -2.49. The average molecular weight is 432 g/mol. The molecule has 0 saturated carbocycles. The largest absolute Gasteiger partial charge is 0.337 e. The number of amides is 1. The lowest BCUT2D eigenvalue weighted by molar-refractivity contribution is 0.0546. The first-order valence-electron chi connectivity index (χ1n) is 9.27. The third-order valence-corrected chi connectivity index (χ3v) is 5.51. The van der Waals surface area contributed by atoms with Crippen LogP contribution in [0.15, 0.2) is 47.0 Å². The van der Waals surface area contributed by atoms with Crippen LogP contribution in [0.3, 0.4) is 0 Å². The van der Waals surface area contributed by atoms with Crippen molar-refractivity contribution in [2.75, 3.05) is 26.2 Å². The summed E-state index contributed by atoms with van der Waals surface area (Å²) in [7, 11) is 0. The smallest absolute Gasteiger partial charge is 0.274 e. The van der Waals surface area contributed by atoms with Gasteiger partial charge in [-0.25, -0.2) is 4.98 Å². The molecule has 150 valence electrons. The maximum atomic E-state index is 12.7. The van der Waals surface area contributed by atoms with Crippen LogP contribution < -0.4 is 0 Å². The molecule has 3 aromatic rings. The van der Waals surface area contributed by atoms with E-state index in [1.165, 1.54) is 0 Å². The molecule has 0 N–H and O–H groups in total. The Morgan fingerprint density at radius 2 is 1.76 bits per heavy atom. The molecule has 1 aliphatic heterocycles. The van der Waals surface area contributed by atoms with Gasteiger partial charge in [-0.1, -0.05) is 58.7 Å². The van der Waals surface area contributed by atoms with Crippen LogP contribution in [-0.2, 0) is 0 Å². The van der Waals surface area contributed by atoms with Crippen molar-refractivity contribution in [1.29, 1.82) is 0 Å². The Labute approximate surface area is 178 Å². The van der Waals surface area contributed by atoms with Crippen LogP contribution in [0.2, 0.25) is 10.2 Å². The predicted octanol–water partition coefficient (Wildman–Crippen LogP) is 3.96. The van der Waals surface area contributed by atoms with Crippen molar-refractivity contribution >= 4 is 29.1 Å².